The van der Waals surface area contributed by atoms with Gasteiger partial charge in [-0.3, -0.25) is 10.0 Å². The van der Waals surface area contributed by atoms with Crippen molar-refractivity contribution in [2.45, 2.75) is 64.1 Å². The second kappa shape index (κ2) is 12.3. The second-order valence-corrected chi connectivity index (χ2v) is 11.5. The Morgan fingerprint density at radius 1 is 1.24 bits per heavy atom. The topological polar surface area (TPSA) is 109 Å². The number of nitrogens with two attached hydrogens (primary N) is 1. The molecule has 7 nitrogen and oxygen atoms in total. The SMILES string of the molecule is CCCC(NC[C@H](CC(C)C)[C@@H](C)N)Nc1cc(F)c(S(=O)(=O)Nc2ncc(F)s2)cc1Cl. The number of hydrogen-bond donors (Lipinski definition) is 4. The molecule has 2 aromatic rings. The number of hydrogen-bond acceptors (Lipinski definition) is 7. The first kappa shape index (κ1) is 27.7. The van der Waals surface area contributed by atoms with Crippen LogP contribution in [0, 0.1) is 22.8 Å². The predicted molar refractivity (Wildman–Crippen MR) is 131 cm³/mol. The highest BCUT2D eigenvalue weighted by atomic mass is 35.5. The minimum Gasteiger partial charge on any atom is -0.369 e. The normalized spacial score (nSPS) is 14.8. The molecular formula is C21H32ClF2N5O2S2. The summed E-state index contributed by atoms with van der Waals surface area (Å²) >= 11 is 6.80. The third-order valence-electron chi connectivity index (χ3n) is 5.06. The summed E-state index contributed by atoms with van der Waals surface area (Å²) in [5, 5.41) is 5.77. The molecule has 1 aromatic carbocycles. The van der Waals surface area contributed by atoms with Crippen LogP contribution in [-0.2, 0) is 10.0 Å². The highest BCUT2D eigenvalue weighted by molar-refractivity contribution is 7.93. The summed E-state index contributed by atoms with van der Waals surface area (Å²) in [7, 11) is -4.34. The Bertz CT molecular complexity index is 1020. The lowest BCUT2D eigenvalue weighted by atomic mass is 9.91. The van der Waals surface area contributed by atoms with Crippen LogP contribution in [-0.4, -0.2) is 32.2 Å². The Morgan fingerprint density at radius 2 is 1.94 bits per heavy atom. The van der Waals surface area contributed by atoms with E-state index in [1.54, 1.807) is 0 Å². The monoisotopic (exact) mass is 523 g/mol. The number of rotatable bonds is 13. The highest BCUT2D eigenvalue weighted by Gasteiger charge is 2.24. The van der Waals surface area contributed by atoms with Crippen molar-refractivity contribution in [2.75, 3.05) is 16.6 Å². The zero-order valence-corrected chi connectivity index (χ0v) is 21.6. The molecule has 33 heavy (non-hydrogen) atoms. The van der Waals surface area contributed by atoms with Crippen LogP contribution in [0.1, 0.15) is 47.0 Å². The van der Waals surface area contributed by atoms with Gasteiger partial charge in [-0.25, -0.2) is 17.8 Å². The van der Waals surface area contributed by atoms with Gasteiger partial charge in [-0.05, 0) is 43.7 Å². The van der Waals surface area contributed by atoms with E-state index >= 15 is 0 Å². The van der Waals surface area contributed by atoms with E-state index in [1.807, 2.05) is 13.8 Å². The molecule has 0 amide bonds. The van der Waals surface area contributed by atoms with Crippen LogP contribution in [0.4, 0.5) is 19.6 Å². The summed E-state index contributed by atoms with van der Waals surface area (Å²) < 4.78 is 55.0. The van der Waals surface area contributed by atoms with Crippen molar-refractivity contribution in [3.63, 3.8) is 0 Å². The lowest BCUT2D eigenvalue weighted by molar-refractivity contribution is 0.328. The minimum absolute atomic E-state index is 0.0199. The first-order valence-electron chi connectivity index (χ1n) is 10.8. The Labute approximate surface area is 203 Å². The maximum absolute atomic E-state index is 14.8. The van der Waals surface area contributed by atoms with Crippen LogP contribution in [0.3, 0.4) is 0 Å². The van der Waals surface area contributed by atoms with E-state index in [-0.39, 0.29) is 34.0 Å². The number of benzene rings is 1. The van der Waals surface area contributed by atoms with Gasteiger partial charge in [0.05, 0.1) is 23.1 Å². The largest absolute Gasteiger partial charge is 0.369 e. The molecule has 1 aromatic heterocycles. The van der Waals surface area contributed by atoms with Gasteiger partial charge in [-0.15, -0.1) is 0 Å². The molecule has 5 N–H and O–H groups in total. The molecule has 1 unspecified atom stereocenters. The van der Waals surface area contributed by atoms with Gasteiger partial charge >= 0.3 is 0 Å². The van der Waals surface area contributed by atoms with Gasteiger partial charge in [0, 0.05) is 12.6 Å². The predicted octanol–water partition coefficient (Wildman–Crippen LogP) is 5.01. The molecule has 0 radical (unpaired) electrons. The average Bonchev–Trinajstić information content (AvgIpc) is 3.10. The lowest BCUT2D eigenvalue weighted by Gasteiger charge is -2.28. The van der Waals surface area contributed by atoms with Gasteiger partial charge < -0.3 is 11.1 Å². The van der Waals surface area contributed by atoms with E-state index in [0.717, 1.165) is 37.6 Å². The molecule has 0 fully saturated rings. The molecule has 0 saturated carbocycles. The Morgan fingerprint density at radius 3 is 2.48 bits per heavy atom. The molecule has 1 heterocycles. The number of nitrogens with one attached hydrogen (secondary N) is 3. The van der Waals surface area contributed by atoms with E-state index in [2.05, 4.69) is 34.2 Å². The fraction of sp³-hybridized carbons (Fsp3) is 0.571. The Balaban J connectivity index is 2.17. The highest BCUT2D eigenvalue weighted by Crippen LogP contribution is 2.30. The van der Waals surface area contributed by atoms with Crippen molar-refractivity contribution in [1.82, 2.24) is 10.3 Å². The number of anilines is 2. The van der Waals surface area contributed by atoms with E-state index in [9.17, 15) is 17.2 Å². The van der Waals surface area contributed by atoms with Crippen molar-refractivity contribution >= 4 is 43.8 Å². The van der Waals surface area contributed by atoms with Gasteiger partial charge in [-0.2, -0.15) is 4.39 Å². The summed E-state index contributed by atoms with van der Waals surface area (Å²) in [6.07, 6.45) is 3.23. The Kier molecular flexibility index (Phi) is 10.3. The van der Waals surface area contributed by atoms with Crippen molar-refractivity contribution in [1.29, 1.82) is 0 Å². The number of halogens is 3. The van der Waals surface area contributed by atoms with Crippen LogP contribution in [0.15, 0.2) is 23.2 Å². The molecule has 3 atom stereocenters. The second-order valence-electron chi connectivity index (χ2n) is 8.48. The molecule has 0 aliphatic rings. The average molecular weight is 524 g/mol. The van der Waals surface area contributed by atoms with Gasteiger partial charge in [-0.1, -0.05) is 50.1 Å². The van der Waals surface area contributed by atoms with Crippen molar-refractivity contribution < 1.29 is 17.2 Å². The molecule has 0 spiro atoms. The summed E-state index contributed by atoms with van der Waals surface area (Å²) in [6, 6.07) is 2.09. The lowest BCUT2D eigenvalue weighted by Crippen LogP contribution is -2.43. The summed E-state index contributed by atoms with van der Waals surface area (Å²) in [6.45, 7) is 8.98. The fourth-order valence-corrected chi connectivity index (χ4v) is 5.56. The van der Waals surface area contributed by atoms with Gasteiger partial charge in [0.1, 0.15) is 10.7 Å². The third kappa shape index (κ3) is 8.32. The summed E-state index contributed by atoms with van der Waals surface area (Å²) in [5.74, 6) is -0.213. The number of sulfonamides is 1. The van der Waals surface area contributed by atoms with Crippen molar-refractivity contribution in [2.24, 2.45) is 17.6 Å². The van der Waals surface area contributed by atoms with Crippen LogP contribution in [0.5, 0.6) is 0 Å². The summed E-state index contributed by atoms with van der Waals surface area (Å²) in [4.78, 5) is 2.94. The van der Waals surface area contributed by atoms with E-state index in [1.165, 1.54) is 0 Å². The third-order valence-corrected chi connectivity index (χ3v) is 7.56. The molecule has 0 bridgehead atoms. The molecule has 2 rings (SSSR count). The standard InChI is InChI=1S/C21H32ClF2N5O2S2/c1-5-6-20(26-10-14(13(4)25)7-12(2)3)28-17-9-16(23)18(8-15(17)22)33(30,31)29-21-27-11-19(24)32-21/h8-9,11-14,20,26,28H,5-7,10,25H2,1-4H3,(H,27,29)/t13-,14+,20?/m1/s1. The zero-order chi connectivity index (χ0) is 24.8. The maximum atomic E-state index is 14.8. The molecule has 0 aliphatic carbocycles. The van der Waals surface area contributed by atoms with Gasteiger partial charge in [0.25, 0.3) is 10.0 Å². The molecular weight excluding hydrogens is 492 g/mol. The minimum atomic E-state index is -4.34. The first-order valence-corrected chi connectivity index (χ1v) is 13.5. The molecule has 0 saturated heterocycles. The Hall–Kier alpha value is -1.53. The summed E-state index contributed by atoms with van der Waals surface area (Å²) in [5.41, 5.74) is 6.40. The molecule has 186 valence electrons. The number of thiazole rings is 1. The van der Waals surface area contributed by atoms with E-state index < -0.39 is 25.9 Å². The molecule has 12 heteroatoms. The van der Waals surface area contributed by atoms with Crippen LogP contribution < -0.4 is 21.1 Å². The van der Waals surface area contributed by atoms with Gasteiger partial charge in [0.15, 0.2) is 10.3 Å². The van der Waals surface area contributed by atoms with Gasteiger partial charge in [0.2, 0.25) is 0 Å². The van der Waals surface area contributed by atoms with Crippen molar-refractivity contribution in [3.8, 4) is 0 Å². The number of aromatic nitrogens is 1. The smallest absolute Gasteiger partial charge is 0.266 e. The number of nitrogens with zero attached hydrogens (tertiary/aromatic N) is 1. The van der Waals surface area contributed by atoms with Crippen LogP contribution in [0.2, 0.25) is 5.02 Å². The van der Waals surface area contributed by atoms with E-state index in [4.69, 9.17) is 17.3 Å². The van der Waals surface area contributed by atoms with Crippen molar-refractivity contribution in [3.05, 3.63) is 34.3 Å². The molecule has 0 aliphatic heterocycles. The maximum Gasteiger partial charge on any atom is 0.266 e. The van der Waals surface area contributed by atoms with Crippen LogP contribution >= 0.6 is 22.9 Å². The zero-order valence-electron chi connectivity index (χ0n) is 19.2. The fourth-order valence-electron chi connectivity index (χ4n) is 3.40. The quantitative estimate of drug-likeness (QED) is 0.275. The van der Waals surface area contributed by atoms with E-state index in [0.29, 0.717) is 23.8 Å². The first-order chi connectivity index (χ1) is 15.4. The van der Waals surface area contributed by atoms with Crippen LogP contribution in [0.25, 0.3) is 0 Å².